The highest BCUT2D eigenvalue weighted by molar-refractivity contribution is 5.83. The van der Waals surface area contributed by atoms with E-state index in [0.717, 1.165) is 0 Å². The van der Waals surface area contributed by atoms with Gasteiger partial charge in [0.05, 0.1) is 6.61 Å². The maximum atomic E-state index is 11.5. The van der Waals surface area contributed by atoms with Gasteiger partial charge in [-0.3, -0.25) is 4.79 Å². The molecular weight excluding hydrogens is 258 g/mol. The van der Waals surface area contributed by atoms with E-state index in [9.17, 15) is 24.9 Å². The SMILES string of the molecule is CC(=O)CCC(=O)N[C@@H]1OC(CO)[C@@H](O)C(O)[C@@H]1O. The summed E-state index contributed by atoms with van der Waals surface area (Å²) < 4.78 is 5.08. The third-order valence-electron chi connectivity index (χ3n) is 2.90. The summed E-state index contributed by atoms with van der Waals surface area (Å²) in [4.78, 5) is 22.2. The summed E-state index contributed by atoms with van der Waals surface area (Å²) in [5.74, 6) is -0.677. The molecule has 0 aromatic heterocycles. The largest absolute Gasteiger partial charge is 0.394 e. The lowest BCUT2D eigenvalue weighted by molar-refractivity contribution is -0.236. The highest BCUT2D eigenvalue weighted by Crippen LogP contribution is 2.19. The molecule has 1 aliphatic heterocycles. The van der Waals surface area contributed by atoms with Gasteiger partial charge in [-0.2, -0.15) is 0 Å². The van der Waals surface area contributed by atoms with Crippen molar-refractivity contribution >= 4 is 11.7 Å². The topological polar surface area (TPSA) is 136 Å². The number of nitrogens with one attached hydrogen (secondary N) is 1. The molecule has 0 radical (unpaired) electrons. The second kappa shape index (κ2) is 6.92. The van der Waals surface area contributed by atoms with Crippen molar-refractivity contribution < 1.29 is 34.8 Å². The van der Waals surface area contributed by atoms with E-state index >= 15 is 0 Å². The van der Waals surface area contributed by atoms with Crippen molar-refractivity contribution in [1.82, 2.24) is 5.32 Å². The van der Waals surface area contributed by atoms with Gasteiger partial charge in [0.1, 0.15) is 30.2 Å². The molecule has 110 valence electrons. The van der Waals surface area contributed by atoms with Gasteiger partial charge in [-0.25, -0.2) is 0 Å². The number of ketones is 1. The zero-order valence-corrected chi connectivity index (χ0v) is 10.5. The number of carbonyl (C=O) groups excluding carboxylic acids is 2. The monoisotopic (exact) mass is 277 g/mol. The number of rotatable bonds is 5. The predicted octanol–water partition coefficient (Wildman–Crippen LogP) is -2.73. The van der Waals surface area contributed by atoms with Gasteiger partial charge in [-0.05, 0) is 6.92 Å². The van der Waals surface area contributed by atoms with E-state index in [1.807, 2.05) is 0 Å². The molecule has 0 aromatic rings. The zero-order chi connectivity index (χ0) is 14.6. The molecule has 0 spiro atoms. The maximum absolute atomic E-state index is 11.5. The van der Waals surface area contributed by atoms with Crippen LogP contribution in [-0.4, -0.2) is 69.4 Å². The van der Waals surface area contributed by atoms with E-state index < -0.39 is 43.2 Å². The molecule has 19 heavy (non-hydrogen) atoms. The Balaban J connectivity index is 2.56. The van der Waals surface area contributed by atoms with Gasteiger partial charge in [0.2, 0.25) is 5.91 Å². The fourth-order valence-electron chi connectivity index (χ4n) is 1.74. The number of hydrogen-bond donors (Lipinski definition) is 5. The number of aliphatic hydroxyl groups excluding tert-OH is 4. The second-order valence-corrected chi connectivity index (χ2v) is 4.52. The summed E-state index contributed by atoms with van der Waals surface area (Å²) in [6.45, 7) is 0.784. The smallest absolute Gasteiger partial charge is 0.222 e. The summed E-state index contributed by atoms with van der Waals surface area (Å²) in [6.07, 6.45) is -6.84. The Kier molecular flexibility index (Phi) is 5.83. The van der Waals surface area contributed by atoms with Crippen molar-refractivity contribution in [2.24, 2.45) is 0 Å². The average molecular weight is 277 g/mol. The Morgan fingerprint density at radius 3 is 2.26 bits per heavy atom. The molecule has 0 saturated carbocycles. The van der Waals surface area contributed by atoms with Crippen LogP contribution in [0, 0.1) is 0 Å². The Hall–Kier alpha value is -1.06. The average Bonchev–Trinajstić information content (AvgIpc) is 2.37. The first kappa shape index (κ1) is 16.0. The molecule has 1 aliphatic rings. The lowest BCUT2D eigenvalue weighted by Gasteiger charge is -2.40. The molecule has 8 nitrogen and oxygen atoms in total. The lowest BCUT2D eigenvalue weighted by Crippen LogP contribution is -2.63. The highest BCUT2D eigenvalue weighted by atomic mass is 16.6. The molecule has 2 unspecified atom stereocenters. The third-order valence-corrected chi connectivity index (χ3v) is 2.90. The molecule has 1 heterocycles. The Bertz CT molecular complexity index is 333. The Labute approximate surface area is 110 Å². The number of aliphatic hydroxyl groups is 4. The molecule has 1 saturated heterocycles. The van der Waals surface area contributed by atoms with E-state index in [2.05, 4.69) is 5.32 Å². The molecule has 1 rings (SSSR count). The first-order chi connectivity index (χ1) is 8.86. The standard InChI is InChI=1S/C11H19NO7/c1-5(14)2-3-7(15)12-11-10(18)9(17)8(16)6(4-13)19-11/h6,8-11,13,16-18H,2-4H2,1H3,(H,12,15)/t6?,8-,9?,10+,11-/m1/s1. The first-order valence-electron chi connectivity index (χ1n) is 5.96. The molecule has 0 aliphatic carbocycles. The number of carbonyl (C=O) groups is 2. The van der Waals surface area contributed by atoms with Crippen LogP contribution in [0.4, 0.5) is 0 Å². The van der Waals surface area contributed by atoms with Gasteiger partial charge in [0, 0.05) is 12.8 Å². The van der Waals surface area contributed by atoms with Crippen LogP contribution in [0.3, 0.4) is 0 Å². The first-order valence-corrected chi connectivity index (χ1v) is 5.96. The minimum atomic E-state index is -1.54. The minimum absolute atomic E-state index is 0.0588. The van der Waals surface area contributed by atoms with Gasteiger partial charge >= 0.3 is 0 Å². The summed E-state index contributed by atoms with van der Waals surface area (Å²) in [5.41, 5.74) is 0. The van der Waals surface area contributed by atoms with Gasteiger partial charge in [0.25, 0.3) is 0 Å². The molecule has 0 aromatic carbocycles. The van der Waals surface area contributed by atoms with Gasteiger partial charge in [0.15, 0.2) is 6.23 Å². The second-order valence-electron chi connectivity index (χ2n) is 4.52. The van der Waals surface area contributed by atoms with Crippen molar-refractivity contribution in [3.63, 3.8) is 0 Å². The number of ether oxygens (including phenoxy) is 1. The molecule has 1 fully saturated rings. The molecule has 8 heteroatoms. The summed E-state index contributed by atoms with van der Waals surface area (Å²) in [6, 6.07) is 0. The van der Waals surface area contributed by atoms with Crippen LogP contribution < -0.4 is 5.32 Å². The molecule has 1 amide bonds. The van der Waals surface area contributed by atoms with Gasteiger partial charge < -0.3 is 35.3 Å². The van der Waals surface area contributed by atoms with Crippen LogP contribution >= 0.6 is 0 Å². The molecule has 5 N–H and O–H groups in total. The lowest BCUT2D eigenvalue weighted by atomic mass is 9.98. The zero-order valence-electron chi connectivity index (χ0n) is 10.5. The predicted molar refractivity (Wildman–Crippen MR) is 61.8 cm³/mol. The van der Waals surface area contributed by atoms with Crippen molar-refractivity contribution in [1.29, 1.82) is 0 Å². The highest BCUT2D eigenvalue weighted by Gasteiger charge is 2.43. The summed E-state index contributed by atoms with van der Waals surface area (Å²) in [7, 11) is 0. The van der Waals surface area contributed by atoms with E-state index in [1.165, 1.54) is 6.92 Å². The maximum Gasteiger partial charge on any atom is 0.222 e. The number of hydrogen-bond acceptors (Lipinski definition) is 7. The molecular formula is C11H19NO7. The van der Waals surface area contributed by atoms with Crippen LogP contribution in [0.1, 0.15) is 19.8 Å². The minimum Gasteiger partial charge on any atom is -0.394 e. The summed E-state index contributed by atoms with van der Waals surface area (Å²) in [5, 5.41) is 39.9. The molecule has 0 bridgehead atoms. The number of Topliss-reactive ketones (excluding diaryl/α,β-unsaturated/α-hetero) is 1. The van der Waals surface area contributed by atoms with Crippen LogP contribution in [-0.2, 0) is 14.3 Å². The summed E-state index contributed by atoms with van der Waals surface area (Å²) >= 11 is 0. The van der Waals surface area contributed by atoms with E-state index in [1.54, 1.807) is 0 Å². The van der Waals surface area contributed by atoms with Gasteiger partial charge in [-0.1, -0.05) is 0 Å². The third kappa shape index (κ3) is 4.22. The van der Waals surface area contributed by atoms with Crippen molar-refractivity contribution in [3.05, 3.63) is 0 Å². The molecule has 5 atom stereocenters. The fourth-order valence-corrected chi connectivity index (χ4v) is 1.74. The normalized spacial score (nSPS) is 34.9. The Morgan fingerprint density at radius 2 is 1.74 bits per heavy atom. The van der Waals surface area contributed by atoms with Crippen LogP contribution in [0.5, 0.6) is 0 Å². The Morgan fingerprint density at radius 1 is 1.11 bits per heavy atom. The van der Waals surface area contributed by atoms with Gasteiger partial charge in [-0.15, -0.1) is 0 Å². The van der Waals surface area contributed by atoms with Crippen molar-refractivity contribution in [2.75, 3.05) is 6.61 Å². The van der Waals surface area contributed by atoms with Crippen LogP contribution in [0.15, 0.2) is 0 Å². The van der Waals surface area contributed by atoms with E-state index in [-0.39, 0.29) is 18.6 Å². The van der Waals surface area contributed by atoms with Crippen molar-refractivity contribution in [2.45, 2.75) is 50.4 Å². The van der Waals surface area contributed by atoms with Crippen LogP contribution in [0.25, 0.3) is 0 Å². The fraction of sp³-hybridized carbons (Fsp3) is 0.818. The van der Waals surface area contributed by atoms with E-state index in [0.29, 0.717) is 0 Å². The van der Waals surface area contributed by atoms with E-state index in [4.69, 9.17) is 9.84 Å². The van der Waals surface area contributed by atoms with Crippen molar-refractivity contribution in [3.8, 4) is 0 Å². The quantitative estimate of drug-likeness (QED) is 0.368. The number of amides is 1. The van der Waals surface area contributed by atoms with Crippen LogP contribution in [0.2, 0.25) is 0 Å².